The van der Waals surface area contributed by atoms with E-state index in [4.69, 9.17) is 0 Å². The highest BCUT2D eigenvalue weighted by atomic mass is 14.5. The molecule has 0 unspecified atom stereocenters. The SMILES string of the molecule is C1#Cc2cccc(c2)C#Cc2ccc3c(c2)C2c4cc5ccc4C3c3ccc(cc32)C#Cc2cccc(c2)C#CC#Cc2cccc(c2)C#Cc2ccc3c(c2)C2c4cc(ccc4C3c3ccc(cc32)C#Cc2cccc(c2)C#CC#Cc2cccc(c2)C#C5)C#Cc2cccc(c2)C#C1.Cc1cc(C)cc(C)c1.Cc1cc(C)cc(C)c1.Cc1cc(C)cc(C)c1.Cc1cc(C)cc(C)c1. The van der Waals surface area contributed by atoms with Crippen molar-refractivity contribution in [3.05, 3.63) is 561 Å². The second-order valence-electron chi connectivity index (χ2n) is 35.9. The Bertz CT molecular complexity index is 7050. The van der Waals surface area contributed by atoms with E-state index in [0.717, 1.165) is 100 Å². The van der Waals surface area contributed by atoms with Gasteiger partial charge in [-0.3, -0.25) is 0 Å². The van der Waals surface area contributed by atoms with E-state index in [0.29, 0.717) is 0 Å². The van der Waals surface area contributed by atoms with Gasteiger partial charge in [0.1, 0.15) is 0 Å². The average Bonchev–Trinajstić information content (AvgIpc) is 0.703. The van der Waals surface area contributed by atoms with E-state index in [-0.39, 0.29) is 23.7 Å². The largest absolute Gasteiger partial charge is 0.0616 e. The molecule has 16 aromatic carbocycles. The highest BCUT2D eigenvalue weighted by Crippen LogP contribution is 2.58. The molecule has 9 aliphatic rings. The summed E-state index contributed by atoms with van der Waals surface area (Å²) < 4.78 is 0. The fourth-order valence-electron chi connectivity index (χ4n) is 19.3. The Kier molecular flexibility index (Phi) is 26.3. The summed E-state index contributed by atoms with van der Waals surface area (Å²) in [6.07, 6.45) is 0. The zero-order chi connectivity index (χ0) is 93.7. The zero-order valence-electron chi connectivity index (χ0n) is 78.5. The van der Waals surface area contributed by atoms with Crippen LogP contribution in [0.1, 0.15) is 257 Å². The third-order valence-corrected chi connectivity index (χ3v) is 24.4. The Morgan fingerprint density at radius 1 is 0.110 bits per heavy atom. The van der Waals surface area contributed by atoms with Crippen molar-refractivity contribution < 1.29 is 0 Å². The van der Waals surface area contributed by atoms with E-state index in [2.05, 4.69) is 407 Å². The highest BCUT2D eigenvalue weighted by Gasteiger charge is 2.43. The van der Waals surface area contributed by atoms with Gasteiger partial charge in [0.25, 0.3) is 0 Å². The molecule has 0 saturated heterocycles. The van der Waals surface area contributed by atoms with Crippen molar-refractivity contribution in [1.82, 2.24) is 0 Å². The maximum atomic E-state index is 3.53. The summed E-state index contributed by atoms with van der Waals surface area (Å²) in [5.41, 5.74) is 47.0. The predicted octanol–water partition coefficient (Wildman–Crippen LogP) is 27.3. The molecule has 0 amide bonds. The van der Waals surface area contributed by atoms with E-state index in [1.54, 1.807) is 0 Å². The Hall–Kier alpha value is -17.8. The molecule has 0 atom stereocenters. The molecular formula is C136H94. The molecule has 0 N–H and O–H groups in total. The molecule has 9 aliphatic carbocycles. The van der Waals surface area contributed by atoms with Gasteiger partial charge in [0.05, 0.1) is 0 Å². The summed E-state index contributed by atoms with van der Waals surface area (Å²) in [5, 5.41) is 0. The maximum Gasteiger partial charge on any atom is 0.0350 e. The third kappa shape index (κ3) is 21.6. The molecule has 28 bridgehead atoms. The Balaban J connectivity index is 0.000000285. The van der Waals surface area contributed by atoms with Crippen molar-refractivity contribution in [3.8, 4) is 142 Å². The number of aryl methyl sites for hydroxylation is 12. The summed E-state index contributed by atoms with van der Waals surface area (Å²) in [5.74, 6) is 80.1. The van der Waals surface area contributed by atoms with Crippen LogP contribution in [0.25, 0.3) is 0 Å². The van der Waals surface area contributed by atoms with Crippen LogP contribution in [0.4, 0.5) is 0 Å². The molecule has 0 heterocycles. The lowest BCUT2D eigenvalue weighted by atomic mass is 9.60. The molecule has 0 aromatic heterocycles. The summed E-state index contributed by atoms with van der Waals surface area (Å²) in [4.78, 5) is 0. The van der Waals surface area contributed by atoms with Crippen LogP contribution in [0.5, 0.6) is 0 Å². The minimum Gasteiger partial charge on any atom is -0.0616 e. The van der Waals surface area contributed by atoms with Gasteiger partial charge in [-0.05, 0) is 367 Å². The molecule has 0 fully saturated rings. The quantitative estimate of drug-likeness (QED) is 0.133. The molecule has 136 heavy (non-hydrogen) atoms. The van der Waals surface area contributed by atoms with E-state index in [9.17, 15) is 0 Å². The normalized spacial score (nSPS) is 13.6. The van der Waals surface area contributed by atoms with E-state index in [1.165, 1.54) is 134 Å². The standard InChI is InChI=1S/C100H46.4C9H12/c1-2-14-68-20-8-26-74(56-68)32-38-80-44-50-86-92(62-80)100-95-65-83-41-35-77-29-11-23-71(59-77)17-5-3-15-69-21-9-27-75(57-69)33-39-81-45-51-87-93(63-81)99-91-61-79(37-31-73-25-7-19-67(13-1)55-73)43-49-85(91)97(87)88-52-46-82(64-94(88)99)40-34-76-28-10-22-70(58-76)16-4-6-18-72-24-12-30-78(60-72)36-42-84-48-54-90(96(100)66-84)98(86)89(95)53-47-83;4*1-7-4-8(2)6-9(3)5-7/h7-12,19-30,43-66,97-100H;4*4-6H,1-3H3. The molecule has 0 radical (unpaired) electrons. The summed E-state index contributed by atoms with van der Waals surface area (Å²) in [6.45, 7) is 25.5. The summed E-state index contributed by atoms with van der Waals surface area (Å²) in [6, 6.07) is 115. The maximum absolute atomic E-state index is 3.53. The predicted molar refractivity (Wildman–Crippen MR) is 561 cm³/mol. The smallest absolute Gasteiger partial charge is 0.0350 e. The first-order valence-electron chi connectivity index (χ1n) is 46.0. The lowest BCUT2D eigenvalue weighted by molar-refractivity contribution is 0.753. The van der Waals surface area contributed by atoms with Crippen LogP contribution in [0.2, 0.25) is 0 Å². The van der Waals surface area contributed by atoms with Crippen LogP contribution >= 0.6 is 0 Å². The third-order valence-electron chi connectivity index (χ3n) is 24.4. The van der Waals surface area contributed by atoms with Gasteiger partial charge in [-0.25, -0.2) is 0 Å². The van der Waals surface area contributed by atoms with Gasteiger partial charge in [-0.1, -0.05) is 319 Å². The Morgan fingerprint density at radius 3 is 0.353 bits per heavy atom. The number of benzene rings is 16. The molecule has 25 rings (SSSR count). The highest BCUT2D eigenvalue weighted by molar-refractivity contribution is 5.74. The monoisotopic (exact) mass is 1730 g/mol. The van der Waals surface area contributed by atoms with Gasteiger partial charge >= 0.3 is 0 Å². The van der Waals surface area contributed by atoms with Gasteiger partial charge in [-0.2, -0.15) is 0 Å². The summed E-state index contributed by atoms with van der Waals surface area (Å²) >= 11 is 0. The Labute approximate surface area is 804 Å². The molecular weight excluding hydrogens is 1630 g/mol. The van der Waals surface area contributed by atoms with Crippen LogP contribution in [0.3, 0.4) is 0 Å². The number of fused-ring (bicyclic) bond motifs is 3. The van der Waals surface area contributed by atoms with Crippen molar-refractivity contribution in [2.45, 2.75) is 107 Å². The molecule has 0 saturated carbocycles. The zero-order valence-corrected chi connectivity index (χ0v) is 78.5. The van der Waals surface area contributed by atoms with Crippen molar-refractivity contribution in [2.24, 2.45) is 0 Å². The molecule has 0 heteroatoms. The van der Waals surface area contributed by atoms with E-state index in [1.807, 2.05) is 146 Å². The van der Waals surface area contributed by atoms with Gasteiger partial charge in [0.15, 0.2) is 0 Å². The number of rotatable bonds is 0. The van der Waals surface area contributed by atoms with Crippen molar-refractivity contribution >= 4 is 0 Å². The lowest BCUT2D eigenvalue weighted by Gasteiger charge is -2.42. The molecule has 0 spiro atoms. The van der Waals surface area contributed by atoms with E-state index >= 15 is 0 Å². The first kappa shape index (κ1) is 88.9. The Morgan fingerprint density at radius 2 is 0.221 bits per heavy atom. The van der Waals surface area contributed by atoms with Crippen molar-refractivity contribution in [1.29, 1.82) is 0 Å². The van der Waals surface area contributed by atoms with Crippen LogP contribution in [0.15, 0.2) is 328 Å². The van der Waals surface area contributed by atoms with Crippen LogP contribution in [-0.4, -0.2) is 0 Å². The average molecular weight is 1730 g/mol. The van der Waals surface area contributed by atoms with Crippen LogP contribution in [0, 0.1) is 225 Å². The van der Waals surface area contributed by atoms with Gasteiger partial charge in [0.2, 0.25) is 0 Å². The minimum atomic E-state index is -0.0897. The fourth-order valence-corrected chi connectivity index (χ4v) is 19.3. The molecule has 0 aliphatic heterocycles. The van der Waals surface area contributed by atoms with Gasteiger partial charge in [0, 0.05) is 124 Å². The molecule has 0 nitrogen and oxygen atoms in total. The van der Waals surface area contributed by atoms with Crippen molar-refractivity contribution in [3.63, 3.8) is 0 Å². The topological polar surface area (TPSA) is 0 Å². The first-order chi connectivity index (χ1) is 66.2. The molecule has 16 aromatic rings. The second kappa shape index (κ2) is 40.3. The van der Waals surface area contributed by atoms with Crippen molar-refractivity contribution in [2.75, 3.05) is 0 Å². The van der Waals surface area contributed by atoms with Gasteiger partial charge in [-0.15, -0.1) is 0 Å². The lowest BCUT2D eigenvalue weighted by Crippen LogP contribution is -2.27. The number of hydrogen-bond donors (Lipinski definition) is 0. The van der Waals surface area contributed by atoms with Crippen LogP contribution in [-0.2, 0) is 0 Å². The second-order valence-corrected chi connectivity index (χ2v) is 35.9. The minimum absolute atomic E-state index is 0.0112. The van der Waals surface area contributed by atoms with Crippen LogP contribution < -0.4 is 0 Å². The molecule has 638 valence electrons. The number of hydrogen-bond acceptors (Lipinski definition) is 0. The van der Waals surface area contributed by atoms with E-state index < -0.39 is 0 Å². The first-order valence-corrected chi connectivity index (χ1v) is 46.0. The fraction of sp³-hybridized carbons (Fsp3) is 0.118. The van der Waals surface area contributed by atoms with Gasteiger partial charge < -0.3 is 0 Å². The summed E-state index contributed by atoms with van der Waals surface area (Å²) in [7, 11) is 0.